The van der Waals surface area contributed by atoms with Gasteiger partial charge in [0.25, 0.3) is 0 Å². The van der Waals surface area contributed by atoms with Crippen LogP contribution >= 0.6 is 0 Å². The molecule has 1 aromatic rings. The van der Waals surface area contributed by atoms with Crippen molar-refractivity contribution < 1.29 is 4.39 Å². The van der Waals surface area contributed by atoms with Crippen LogP contribution in [0.5, 0.6) is 0 Å². The molecule has 3 heteroatoms. The Morgan fingerprint density at radius 1 is 1.18 bits per heavy atom. The van der Waals surface area contributed by atoms with Crippen LogP contribution in [-0.2, 0) is 0 Å². The van der Waals surface area contributed by atoms with Crippen molar-refractivity contribution in [3.63, 3.8) is 0 Å². The Labute approximate surface area is 104 Å². The van der Waals surface area contributed by atoms with E-state index in [9.17, 15) is 4.39 Å². The number of benzene rings is 1. The monoisotopic (exact) mass is 238 g/mol. The van der Waals surface area contributed by atoms with Gasteiger partial charge in [-0.25, -0.2) is 4.39 Å². The van der Waals surface area contributed by atoms with Crippen LogP contribution in [0, 0.1) is 11.7 Å². The van der Waals surface area contributed by atoms with E-state index >= 15 is 0 Å². The van der Waals surface area contributed by atoms with Gasteiger partial charge in [-0.05, 0) is 44.2 Å². The second kappa shape index (κ2) is 6.60. The predicted octanol–water partition coefficient (Wildman–Crippen LogP) is 3.21. The third-order valence-electron chi connectivity index (χ3n) is 3.30. The molecule has 1 aromatic carbocycles. The van der Waals surface area contributed by atoms with E-state index in [4.69, 9.17) is 0 Å². The quantitative estimate of drug-likeness (QED) is 0.818. The Morgan fingerprint density at radius 3 is 2.29 bits per heavy atom. The molecule has 0 saturated heterocycles. The highest BCUT2D eigenvalue weighted by Gasteiger charge is 2.11. The third-order valence-corrected chi connectivity index (χ3v) is 3.30. The zero-order valence-electron chi connectivity index (χ0n) is 11.2. The molecule has 1 N–H and O–H groups in total. The standard InChI is InChI=1S/C14H23FN2/c1-11(2)12(3)17(4)10-9-16-14-7-5-13(15)6-8-14/h5-8,11-12,16H,9-10H2,1-4H3. The molecule has 1 atom stereocenters. The Morgan fingerprint density at radius 2 is 1.76 bits per heavy atom. The fourth-order valence-electron chi connectivity index (χ4n) is 1.66. The Kier molecular flexibility index (Phi) is 5.42. The van der Waals surface area contributed by atoms with Crippen LogP contribution in [0.25, 0.3) is 0 Å². The lowest BCUT2D eigenvalue weighted by Crippen LogP contribution is -2.36. The lowest BCUT2D eigenvalue weighted by atomic mass is 10.1. The zero-order chi connectivity index (χ0) is 12.8. The SMILES string of the molecule is CC(C)C(C)N(C)CCNc1ccc(F)cc1. The van der Waals surface area contributed by atoms with E-state index in [0.717, 1.165) is 18.8 Å². The van der Waals surface area contributed by atoms with Crippen molar-refractivity contribution in [2.45, 2.75) is 26.8 Å². The maximum Gasteiger partial charge on any atom is 0.123 e. The van der Waals surface area contributed by atoms with E-state index in [1.54, 1.807) is 12.1 Å². The highest BCUT2D eigenvalue weighted by Crippen LogP contribution is 2.09. The molecule has 17 heavy (non-hydrogen) atoms. The summed E-state index contributed by atoms with van der Waals surface area (Å²) in [6.07, 6.45) is 0. The second-order valence-electron chi connectivity index (χ2n) is 4.90. The molecule has 0 spiro atoms. The summed E-state index contributed by atoms with van der Waals surface area (Å²) in [4.78, 5) is 2.33. The summed E-state index contributed by atoms with van der Waals surface area (Å²) in [6.45, 7) is 8.56. The van der Waals surface area contributed by atoms with Gasteiger partial charge >= 0.3 is 0 Å². The molecular formula is C14H23FN2. The number of nitrogens with one attached hydrogen (secondary N) is 1. The van der Waals surface area contributed by atoms with Crippen molar-refractivity contribution in [3.05, 3.63) is 30.1 Å². The molecule has 0 aliphatic heterocycles. The average molecular weight is 238 g/mol. The molecule has 0 amide bonds. The number of nitrogens with zero attached hydrogens (tertiary/aromatic N) is 1. The topological polar surface area (TPSA) is 15.3 Å². The van der Waals surface area contributed by atoms with Crippen LogP contribution < -0.4 is 5.32 Å². The molecule has 0 radical (unpaired) electrons. The summed E-state index contributed by atoms with van der Waals surface area (Å²) in [6, 6.07) is 7.05. The second-order valence-corrected chi connectivity index (χ2v) is 4.90. The van der Waals surface area contributed by atoms with E-state index in [0.29, 0.717) is 12.0 Å². The van der Waals surface area contributed by atoms with E-state index in [2.05, 4.69) is 38.0 Å². The fraction of sp³-hybridized carbons (Fsp3) is 0.571. The molecule has 0 heterocycles. The largest absolute Gasteiger partial charge is 0.384 e. The number of hydrogen-bond donors (Lipinski definition) is 1. The molecule has 0 aliphatic carbocycles. The molecule has 1 rings (SSSR count). The van der Waals surface area contributed by atoms with Gasteiger partial charge in [0.2, 0.25) is 0 Å². The molecule has 2 nitrogen and oxygen atoms in total. The Balaban J connectivity index is 2.30. The molecule has 1 unspecified atom stereocenters. The van der Waals surface area contributed by atoms with Crippen LogP contribution in [0.4, 0.5) is 10.1 Å². The minimum atomic E-state index is -0.193. The highest BCUT2D eigenvalue weighted by atomic mass is 19.1. The average Bonchev–Trinajstić information content (AvgIpc) is 2.30. The lowest BCUT2D eigenvalue weighted by molar-refractivity contribution is 0.215. The summed E-state index contributed by atoms with van der Waals surface area (Å²) < 4.78 is 12.7. The van der Waals surface area contributed by atoms with Gasteiger partial charge in [0.1, 0.15) is 5.82 Å². The molecular weight excluding hydrogens is 215 g/mol. The van der Waals surface area contributed by atoms with E-state index in [1.807, 2.05) is 0 Å². The van der Waals surface area contributed by atoms with E-state index < -0.39 is 0 Å². The fourth-order valence-corrected chi connectivity index (χ4v) is 1.66. The summed E-state index contributed by atoms with van der Waals surface area (Å²) >= 11 is 0. The van der Waals surface area contributed by atoms with E-state index in [1.165, 1.54) is 12.1 Å². The van der Waals surface area contributed by atoms with Gasteiger partial charge in [0.05, 0.1) is 0 Å². The summed E-state index contributed by atoms with van der Waals surface area (Å²) in [5, 5.41) is 3.29. The van der Waals surface area contributed by atoms with Crippen molar-refractivity contribution in [2.75, 3.05) is 25.5 Å². The summed E-state index contributed by atoms with van der Waals surface area (Å²) in [5.74, 6) is 0.465. The Bertz CT molecular complexity index is 321. The number of anilines is 1. The van der Waals surface area contributed by atoms with Gasteiger partial charge in [-0.1, -0.05) is 13.8 Å². The maximum absolute atomic E-state index is 12.7. The molecule has 96 valence electrons. The van der Waals surface area contributed by atoms with Crippen molar-refractivity contribution in [1.29, 1.82) is 0 Å². The molecule has 0 fully saturated rings. The predicted molar refractivity (Wildman–Crippen MR) is 71.8 cm³/mol. The smallest absolute Gasteiger partial charge is 0.123 e. The first-order valence-electron chi connectivity index (χ1n) is 6.20. The van der Waals surface area contributed by atoms with Gasteiger partial charge in [0.15, 0.2) is 0 Å². The van der Waals surface area contributed by atoms with Gasteiger partial charge in [-0.3, -0.25) is 0 Å². The van der Waals surface area contributed by atoms with Crippen LogP contribution in [-0.4, -0.2) is 31.1 Å². The minimum absolute atomic E-state index is 0.193. The Hall–Kier alpha value is -1.09. The van der Waals surface area contributed by atoms with Crippen LogP contribution in [0.3, 0.4) is 0 Å². The third kappa shape index (κ3) is 4.73. The normalized spacial score (nSPS) is 13.1. The number of halogens is 1. The van der Waals surface area contributed by atoms with Crippen molar-refractivity contribution >= 4 is 5.69 Å². The lowest BCUT2D eigenvalue weighted by Gasteiger charge is -2.27. The van der Waals surface area contributed by atoms with Gasteiger partial charge < -0.3 is 10.2 Å². The number of likely N-dealkylation sites (N-methyl/N-ethyl adjacent to an activating group) is 1. The van der Waals surface area contributed by atoms with Gasteiger partial charge in [-0.2, -0.15) is 0 Å². The van der Waals surface area contributed by atoms with Gasteiger partial charge in [0, 0.05) is 24.8 Å². The van der Waals surface area contributed by atoms with E-state index in [-0.39, 0.29) is 5.82 Å². The molecule has 0 aromatic heterocycles. The maximum atomic E-state index is 12.7. The first-order chi connectivity index (χ1) is 8.00. The zero-order valence-corrected chi connectivity index (χ0v) is 11.2. The highest BCUT2D eigenvalue weighted by molar-refractivity contribution is 5.42. The van der Waals surface area contributed by atoms with Crippen molar-refractivity contribution in [3.8, 4) is 0 Å². The molecule has 0 aliphatic rings. The first-order valence-corrected chi connectivity index (χ1v) is 6.20. The first kappa shape index (κ1) is 14.0. The molecule has 0 bridgehead atoms. The van der Waals surface area contributed by atoms with Crippen LogP contribution in [0.15, 0.2) is 24.3 Å². The van der Waals surface area contributed by atoms with Crippen molar-refractivity contribution in [2.24, 2.45) is 5.92 Å². The summed E-state index contributed by atoms with van der Waals surface area (Å²) in [5.41, 5.74) is 0.969. The summed E-state index contributed by atoms with van der Waals surface area (Å²) in [7, 11) is 2.14. The number of rotatable bonds is 6. The van der Waals surface area contributed by atoms with Crippen LogP contribution in [0.1, 0.15) is 20.8 Å². The van der Waals surface area contributed by atoms with Crippen molar-refractivity contribution in [1.82, 2.24) is 4.90 Å². The minimum Gasteiger partial charge on any atom is -0.384 e. The molecule has 0 saturated carbocycles. The number of hydrogen-bond acceptors (Lipinski definition) is 2. The van der Waals surface area contributed by atoms with Crippen LogP contribution in [0.2, 0.25) is 0 Å². The van der Waals surface area contributed by atoms with Gasteiger partial charge in [-0.15, -0.1) is 0 Å².